The number of hydrogen-bond donors (Lipinski definition) is 2. The van der Waals surface area contributed by atoms with Gasteiger partial charge in [-0.15, -0.1) is 0 Å². The molecule has 4 heteroatoms. The van der Waals surface area contributed by atoms with Crippen LogP contribution < -0.4 is 11.1 Å². The minimum Gasteiger partial charge on any atom is -0.354 e. The van der Waals surface area contributed by atoms with Gasteiger partial charge in [-0.3, -0.25) is 9.78 Å². The fraction of sp³-hybridized carbons (Fsp3) is 0.250. The van der Waals surface area contributed by atoms with Crippen molar-refractivity contribution in [1.29, 1.82) is 0 Å². The lowest BCUT2D eigenvalue weighted by Crippen LogP contribution is -2.32. The average molecular weight is 269 g/mol. The molecule has 0 spiro atoms. The Morgan fingerprint density at radius 2 is 1.85 bits per heavy atom. The van der Waals surface area contributed by atoms with E-state index >= 15 is 0 Å². The molecule has 4 nitrogen and oxygen atoms in total. The quantitative estimate of drug-likeness (QED) is 0.840. The number of nitrogens with zero attached hydrogens (tertiary/aromatic N) is 1. The molecule has 1 amide bonds. The molecule has 1 aromatic carbocycles. The van der Waals surface area contributed by atoms with Gasteiger partial charge in [-0.05, 0) is 29.7 Å². The largest absolute Gasteiger partial charge is 0.354 e. The average Bonchev–Trinajstić information content (AvgIpc) is 2.52. The zero-order valence-corrected chi connectivity index (χ0v) is 11.3. The van der Waals surface area contributed by atoms with Crippen LogP contribution in [0.3, 0.4) is 0 Å². The third-order valence-corrected chi connectivity index (χ3v) is 3.14. The molecule has 104 valence electrons. The Morgan fingerprint density at radius 3 is 2.55 bits per heavy atom. The van der Waals surface area contributed by atoms with Gasteiger partial charge < -0.3 is 11.1 Å². The standard InChI is InChI=1S/C16H19N3O/c17-15(14-4-2-1-3-5-14)12-19-16(20)7-6-13-8-10-18-11-9-13/h1-5,8-11,15H,6-7,12,17H2,(H,19,20). The van der Waals surface area contributed by atoms with Crippen LogP contribution in [0.2, 0.25) is 0 Å². The van der Waals surface area contributed by atoms with Crippen molar-refractivity contribution in [2.24, 2.45) is 5.73 Å². The van der Waals surface area contributed by atoms with Crippen LogP contribution in [0.4, 0.5) is 0 Å². The number of nitrogens with two attached hydrogens (primary N) is 1. The zero-order valence-electron chi connectivity index (χ0n) is 11.3. The maximum atomic E-state index is 11.8. The second-order valence-corrected chi connectivity index (χ2v) is 4.68. The SMILES string of the molecule is NC(CNC(=O)CCc1ccncc1)c1ccccc1. The van der Waals surface area contributed by atoms with Crippen LogP contribution in [-0.2, 0) is 11.2 Å². The molecule has 0 aliphatic rings. The second kappa shape index (κ2) is 7.40. The fourth-order valence-corrected chi connectivity index (χ4v) is 1.94. The highest BCUT2D eigenvalue weighted by Crippen LogP contribution is 2.08. The van der Waals surface area contributed by atoms with E-state index in [9.17, 15) is 4.79 Å². The molecule has 0 fully saturated rings. The summed E-state index contributed by atoms with van der Waals surface area (Å²) in [6.45, 7) is 0.458. The normalized spacial score (nSPS) is 11.8. The number of carbonyl (C=O) groups excluding carboxylic acids is 1. The molecule has 2 aromatic rings. The van der Waals surface area contributed by atoms with Gasteiger partial charge in [-0.1, -0.05) is 30.3 Å². The van der Waals surface area contributed by atoms with Crippen LogP contribution in [0.5, 0.6) is 0 Å². The summed E-state index contributed by atoms with van der Waals surface area (Å²) < 4.78 is 0. The Morgan fingerprint density at radius 1 is 1.15 bits per heavy atom. The van der Waals surface area contributed by atoms with Crippen molar-refractivity contribution < 1.29 is 4.79 Å². The molecule has 0 radical (unpaired) electrons. The molecule has 1 unspecified atom stereocenters. The van der Waals surface area contributed by atoms with Crippen molar-refractivity contribution in [3.8, 4) is 0 Å². The topological polar surface area (TPSA) is 68.0 Å². The molecule has 0 saturated heterocycles. The number of hydrogen-bond acceptors (Lipinski definition) is 3. The Hall–Kier alpha value is -2.20. The molecule has 0 bridgehead atoms. The van der Waals surface area contributed by atoms with E-state index in [4.69, 9.17) is 5.73 Å². The highest BCUT2D eigenvalue weighted by atomic mass is 16.1. The summed E-state index contributed by atoms with van der Waals surface area (Å²) in [4.78, 5) is 15.7. The lowest BCUT2D eigenvalue weighted by Gasteiger charge is -2.13. The maximum Gasteiger partial charge on any atom is 0.220 e. The summed E-state index contributed by atoms with van der Waals surface area (Å²) in [6, 6.07) is 13.4. The summed E-state index contributed by atoms with van der Waals surface area (Å²) >= 11 is 0. The Bertz CT molecular complexity index is 528. The number of rotatable bonds is 6. The number of nitrogens with one attached hydrogen (secondary N) is 1. The number of benzene rings is 1. The van der Waals surface area contributed by atoms with Gasteiger partial charge in [0.2, 0.25) is 5.91 Å². The summed E-state index contributed by atoms with van der Waals surface area (Å²) in [5.41, 5.74) is 8.17. The van der Waals surface area contributed by atoms with Gasteiger partial charge in [-0.25, -0.2) is 0 Å². The van der Waals surface area contributed by atoms with E-state index in [0.717, 1.165) is 17.5 Å². The van der Waals surface area contributed by atoms with Crippen molar-refractivity contribution >= 4 is 5.91 Å². The minimum absolute atomic E-state index is 0.0215. The first-order valence-electron chi connectivity index (χ1n) is 6.72. The Kier molecular flexibility index (Phi) is 5.26. The van der Waals surface area contributed by atoms with Crippen LogP contribution >= 0.6 is 0 Å². The number of pyridine rings is 1. The van der Waals surface area contributed by atoms with Crippen LogP contribution in [0.1, 0.15) is 23.6 Å². The third-order valence-electron chi connectivity index (χ3n) is 3.14. The smallest absolute Gasteiger partial charge is 0.220 e. The molecule has 1 heterocycles. The van der Waals surface area contributed by atoms with Crippen molar-refractivity contribution in [3.63, 3.8) is 0 Å². The van der Waals surface area contributed by atoms with Crippen molar-refractivity contribution in [1.82, 2.24) is 10.3 Å². The Labute approximate surface area is 119 Å². The highest BCUT2D eigenvalue weighted by molar-refractivity contribution is 5.76. The van der Waals surface area contributed by atoms with Gasteiger partial charge in [0.15, 0.2) is 0 Å². The molecule has 20 heavy (non-hydrogen) atoms. The van der Waals surface area contributed by atoms with E-state index in [1.54, 1.807) is 12.4 Å². The minimum atomic E-state index is -0.166. The van der Waals surface area contributed by atoms with E-state index < -0.39 is 0 Å². The van der Waals surface area contributed by atoms with Crippen molar-refractivity contribution in [2.75, 3.05) is 6.54 Å². The van der Waals surface area contributed by atoms with Crippen LogP contribution in [-0.4, -0.2) is 17.4 Å². The van der Waals surface area contributed by atoms with Crippen LogP contribution in [0.25, 0.3) is 0 Å². The Balaban J connectivity index is 1.73. The van der Waals surface area contributed by atoms with Gasteiger partial charge in [-0.2, -0.15) is 0 Å². The molecule has 0 aliphatic heterocycles. The number of aryl methyl sites for hydroxylation is 1. The van der Waals surface area contributed by atoms with Crippen molar-refractivity contribution in [3.05, 3.63) is 66.0 Å². The van der Waals surface area contributed by atoms with Crippen molar-refractivity contribution in [2.45, 2.75) is 18.9 Å². The maximum absolute atomic E-state index is 11.8. The van der Waals surface area contributed by atoms with E-state index in [1.165, 1.54) is 0 Å². The van der Waals surface area contributed by atoms with Gasteiger partial charge in [0, 0.05) is 31.4 Å². The summed E-state index contributed by atoms with van der Waals surface area (Å²) in [6.07, 6.45) is 4.65. The summed E-state index contributed by atoms with van der Waals surface area (Å²) in [5.74, 6) is 0.0215. The molecular formula is C16H19N3O. The lowest BCUT2D eigenvalue weighted by atomic mass is 10.1. The zero-order chi connectivity index (χ0) is 14.2. The van der Waals surface area contributed by atoms with Crippen LogP contribution in [0, 0.1) is 0 Å². The molecule has 0 saturated carbocycles. The molecule has 2 rings (SSSR count). The number of aromatic nitrogens is 1. The van der Waals surface area contributed by atoms with Gasteiger partial charge >= 0.3 is 0 Å². The van der Waals surface area contributed by atoms with Crippen LogP contribution in [0.15, 0.2) is 54.9 Å². The van der Waals surface area contributed by atoms with E-state index in [-0.39, 0.29) is 11.9 Å². The van der Waals surface area contributed by atoms with Gasteiger partial charge in [0.25, 0.3) is 0 Å². The highest BCUT2D eigenvalue weighted by Gasteiger charge is 2.07. The predicted octanol–water partition coefficient (Wildman–Crippen LogP) is 1.83. The first kappa shape index (κ1) is 14.2. The monoisotopic (exact) mass is 269 g/mol. The molecule has 0 aliphatic carbocycles. The molecule has 1 atom stereocenters. The second-order valence-electron chi connectivity index (χ2n) is 4.68. The summed E-state index contributed by atoms with van der Waals surface area (Å²) in [7, 11) is 0. The predicted molar refractivity (Wildman–Crippen MR) is 78.9 cm³/mol. The lowest BCUT2D eigenvalue weighted by molar-refractivity contribution is -0.121. The first-order valence-corrected chi connectivity index (χ1v) is 6.72. The molecule has 3 N–H and O–H groups in total. The third kappa shape index (κ3) is 4.48. The summed E-state index contributed by atoms with van der Waals surface area (Å²) in [5, 5.41) is 2.87. The van der Waals surface area contributed by atoms with Gasteiger partial charge in [0.05, 0.1) is 0 Å². The van der Waals surface area contributed by atoms with E-state index in [2.05, 4.69) is 10.3 Å². The van der Waals surface area contributed by atoms with E-state index in [1.807, 2.05) is 42.5 Å². The van der Waals surface area contributed by atoms with E-state index in [0.29, 0.717) is 13.0 Å². The first-order chi connectivity index (χ1) is 9.75. The number of amides is 1. The number of carbonyl (C=O) groups is 1. The van der Waals surface area contributed by atoms with Gasteiger partial charge in [0.1, 0.15) is 0 Å². The molecule has 1 aromatic heterocycles. The molecular weight excluding hydrogens is 250 g/mol. The fourth-order valence-electron chi connectivity index (χ4n) is 1.94.